The number of carboxylic acids is 1. The van der Waals surface area contributed by atoms with Gasteiger partial charge in [-0.05, 0) is 24.6 Å². The van der Waals surface area contributed by atoms with Crippen molar-refractivity contribution >= 4 is 27.7 Å². The molecule has 0 aromatic heterocycles. The molecule has 1 aromatic rings. The Morgan fingerprint density at radius 2 is 1.95 bits per heavy atom. The maximum Gasteiger partial charge on any atom is 0.387 e. The highest BCUT2D eigenvalue weighted by Crippen LogP contribution is 2.28. The first-order valence-electron chi connectivity index (χ1n) is 5.42. The summed E-state index contributed by atoms with van der Waals surface area (Å²) in [6.45, 7) is -1.67. The van der Waals surface area contributed by atoms with Crippen LogP contribution in [0.3, 0.4) is 0 Å². The summed E-state index contributed by atoms with van der Waals surface area (Å²) in [6, 6.07) is 3.21. The number of aliphatic carboxylic acids is 1. The molecular formula is C12H11BrF2O5. The molecule has 0 saturated carbocycles. The molecule has 1 aromatic carbocycles. The lowest BCUT2D eigenvalue weighted by molar-refractivity contribution is -0.146. The zero-order valence-electron chi connectivity index (χ0n) is 10.2. The Bertz CT molecular complexity index is 519. The van der Waals surface area contributed by atoms with Crippen LogP contribution in [0.15, 0.2) is 18.2 Å². The second-order valence-corrected chi connectivity index (χ2v) is 5.23. The Hall–Kier alpha value is -1.54. The van der Waals surface area contributed by atoms with E-state index in [0.717, 1.165) is 12.1 Å². The molecule has 2 unspecified atom stereocenters. The van der Waals surface area contributed by atoms with Gasteiger partial charge in [-0.25, -0.2) is 4.79 Å². The smallest absolute Gasteiger partial charge is 0.387 e. The molecular weight excluding hydrogens is 342 g/mol. The van der Waals surface area contributed by atoms with E-state index in [2.05, 4.69) is 20.7 Å². The number of aliphatic hydroxyl groups excluding tert-OH is 1. The fourth-order valence-corrected chi connectivity index (χ4v) is 1.71. The van der Waals surface area contributed by atoms with Crippen molar-refractivity contribution in [3.05, 3.63) is 29.3 Å². The number of Topliss-reactive ketones (excluding diaryl/α,β-unsaturated/α-hetero) is 1. The van der Waals surface area contributed by atoms with E-state index in [0.29, 0.717) is 0 Å². The molecule has 2 atom stereocenters. The van der Waals surface area contributed by atoms with Crippen LogP contribution < -0.4 is 4.74 Å². The Kier molecular flexibility index (Phi) is 5.58. The molecule has 0 fully saturated rings. The fourth-order valence-electron chi connectivity index (χ4n) is 1.46. The minimum absolute atomic E-state index is 0.129. The van der Waals surface area contributed by atoms with Gasteiger partial charge in [-0.15, -0.1) is 0 Å². The summed E-state index contributed by atoms with van der Waals surface area (Å²) in [6.07, 6.45) is -1.89. The minimum Gasteiger partial charge on any atom is -0.479 e. The predicted molar refractivity (Wildman–Crippen MR) is 68.4 cm³/mol. The van der Waals surface area contributed by atoms with Crippen molar-refractivity contribution in [2.75, 3.05) is 0 Å². The van der Waals surface area contributed by atoms with Gasteiger partial charge in [0.2, 0.25) is 0 Å². The molecule has 20 heavy (non-hydrogen) atoms. The van der Waals surface area contributed by atoms with Crippen LogP contribution in [0.4, 0.5) is 8.78 Å². The number of alkyl halides is 3. The number of aliphatic hydroxyl groups is 1. The highest BCUT2D eigenvalue weighted by Gasteiger charge is 2.23. The van der Waals surface area contributed by atoms with Crippen molar-refractivity contribution in [2.45, 2.75) is 24.5 Å². The SMILES string of the molecule is CC(Br)C(=O)c1ccc(C(O)C(=O)O)cc1OC(F)F. The number of ketones is 1. The number of ether oxygens (including phenoxy) is 1. The number of hydrogen-bond donors (Lipinski definition) is 2. The van der Waals surface area contributed by atoms with Crippen LogP contribution in [-0.4, -0.2) is 33.4 Å². The molecule has 0 radical (unpaired) electrons. The third-order valence-electron chi connectivity index (χ3n) is 2.40. The number of benzene rings is 1. The highest BCUT2D eigenvalue weighted by molar-refractivity contribution is 9.10. The van der Waals surface area contributed by atoms with E-state index < -0.39 is 35.0 Å². The zero-order chi connectivity index (χ0) is 15.4. The van der Waals surface area contributed by atoms with Crippen molar-refractivity contribution in [1.82, 2.24) is 0 Å². The van der Waals surface area contributed by atoms with E-state index in [-0.39, 0.29) is 11.1 Å². The van der Waals surface area contributed by atoms with Gasteiger partial charge in [-0.3, -0.25) is 4.79 Å². The first-order chi connectivity index (χ1) is 9.23. The fraction of sp³-hybridized carbons (Fsp3) is 0.333. The van der Waals surface area contributed by atoms with Crippen LogP contribution in [0.1, 0.15) is 28.9 Å². The molecule has 0 aliphatic rings. The predicted octanol–water partition coefficient (Wildman–Crippen LogP) is 2.37. The van der Waals surface area contributed by atoms with Gasteiger partial charge in [0.25, 0.3) is 0 Å². The molecule has 1 rings (SSSR count). The summed E-state index contributed by atoms with van der Waals surface area (Å²) in [7, 11) is 0. The van der Waals surface area contributed by atoms with Gasteiger partial charge in [-0.2, -0.15) is 8.78 Å². The molecule has 0 spiro atoms. The van der Waals surface area contributed by atoms with Gasteiger partial charge >= 0.3 is 12.6 Å². The van der Waals surface area contributed by atoms with E-state index in [1.54, 1.807) is 0 Å². The number of rotatable bonds is 6. The van der Waals surface area contributed by atoms with Crippen molar-refractivity contribution in [1.29, 1.82) is 0 Å². The summed E-state index contributed by atoms with van der Waals surface area (Å²) in [5.74, 6) is -2.52. The van der Waals surface area contributed by atoms with E-state index in [1.807, 2.05) is 0 Å². The molecule has 2 N–H and O–H groups in total. The summed E-state index contributed by atoms with van der Waals surface area (Å²) in [4.78, 5) is 21.8. The lowest BCUT2D eigenvalue weighted by Crippen LogP contribution is -2.16. The third-order valence-corrected chi connectivity index (χ3v) is 2.81. The molecule has 0 aliphatic heterocycles. The van der Waals surface area contributed by atoms with Crippen molar-refractivity contribution in [2.24, 2.45) is 0 Å². The number of carbonyl (C=O) groups is 2. The number of hydrogen-bond acceptors (Lipinski definition) is 4. The minimum atomic E-state index is -3.18. The van der Waals surface area contributed by atoms with E-state index in [1.165, 1.54) is 13.0 Å². The first-order valence-corrected chi connectivity index (χ1v) is 6.33. The Labute approximate surface area is 121 Å². The quantitative estimate of drug-likeness (QED) is 0.606. The van der Waals surface area contributed by atoms with Gasteiger partial charge in [0.1, 0.15) is 5.75 Å². The molecule has 0 bridgehead atoms. The van der Waals surface area contributed by atoms with E-state index >= 15 is 0 Å². The second kappa shape index (κ2) is 6.76. The molecule has 0 saturated heterocycles. The van der Waals surface area contributed by atoms with E-state index in [4.69, 9.17) is 5.11 Å². The van der Waals surface area contributed by atoms with Gasteiger partial charge in [0.05, 0.1) is 10.4 Å². The number of halogens is 3. The highest BCUT2D eigenvalue weighted by atomic mass is 79.9. The van der Waals surface area contributed by atoms with Crippen LogP contribution in [0, 0.1) is 0 Å². The van der Waals surface area contributed by atoms with Gasteiger partial charge in [-0.1, -0.05) is 22.0 Å². The topological polar surface area (TPSA) is 83.8 Å². The average Bonchev–Trinajstić information content (AvgIpc) is 2.36. The zero-order valence-corrected chi connectivity index (χ0v) is 11.8. The Morgan fingerprint density at radius 1 is 1.35 bits per heavy atom. The molecule has 5 nitrogen and oxygen atoms in total. The third kappa shape index (κ3) is 3.97. The van der Waals surface area contributed by atoms with Crippen LogP contribution in [0.5, 0.6) is 5.75 Å². The van der Waals surface area contributed by atoms with Crippen molar-refractivity contribution in [3.63, 3.8) is 0 Å². The maximum absolute atomic E-state index is 12.3. The monoisotopic (exact) mass is 352 g/mol. The molecule has 0 heterocycles. The molecule has 0 amide bonds. The second-order valence-electron chi connectivity index (χ2n) is 3.86. The van der Waals surface area contributed by atoms with Crippen LogP contribution in [0.2, 0.25) is 0 Å². The summed E-state index contributed by atoms with van der Waals surface area (Å²) in [5, 5.41) is 18.0. The Morgan fingerprint density at radius 3 is 2.40 bits per heavy atom. The van der Waals surface area contributed by atoms with Crippen LogP contribution in [0.25, 0.3) is 0 Å². The molecule has 8 heteroatoms. The summed E-state index contributed by atoms with van der Waals surface area (Å²) in [5.41, 5.74) is -0.289. The maximum atomic E-state index is 12.3. The van der Waals surface area contributed by atoms with Crippen LogP contribution >= 0.6 is 15.9 Å². The lowest BCUT2D eigenvalue weighted by Gasteiger charge is -2.14. The van der Waals surface area contributed by atoms with Crippen molar-refractivity contribution < 1.29 is 33.3 Å². The largest absolute Gasteiger partial charge is 0.479 e. The molecule has 110 valence electrons. The number of carboxylic acid groups (broad SMARTS) is 1. The standard InChI is InChI=1S/C12H11BrF2O5/c1-5(13)9(16)7-3-2-6(10(17)11(18)19)4-8(7)20-12(14)15/h2-5,10,12,17H,1H3,(H,18,19). The molecule has 0 aliphatic carbocycles. The number of carbonyl (C=O) groups excluding carboxylic acids is 1. The normalized spacial score (nSPS) is 13.9. The van der Waals surface area contributed by atoms with Crippen LogP contribution in [-0.2, 0) is 4.79 Å². The van der Waals surface area contributed by atoms with Crippen molar-refractivity contribution in [3.8, 4) is 5.75 Å². The average molecular weight is 353 g/mol. The Balaban J connectivity index is 3.26. The lowest BCUT2D eigenvalue weighted by atomic mass is 10.0. The summed E-state index contributed by atoms with van der Waals surface area (Å²) < 4.78 is 28.9. The van der Waals surface area contributed by atoms with Gasteiger partial charge < -0.3 is 14.9 Å². The van der Waals surface area contributed by atoms with Gasteiger partial charge in [0.15, 0.2) is 11.9 Å². The summed E-state index contributed by atoms with van der Waals surface area (Å²) >= 11 is 3.01. The van der Waals surface area contributed by atoms with E-state index in [9.17, 15) is 23.5 Å². The first kappa shape index (κ1) is 16.5. The van der Waals surface area contributed by atoms with Gasteiger partial charge in [0, 0.05) is 0 Å².